The summed E-state index contributed by atoms with van der Waals surface area (Å²) in [5.74, 6) is 0. The van der Waals surface area contributed by atoms with Crippen LogP contribution in [0.5, 0.6) is 0 Å². The maximum absolute atomic E-state index is 5.74. The minimum Gasteiger partial charge on any atom is -0.358 e. The van der Waals surface area contributed by atoms with Crippen LogP contribution in [0.2, 0.25) is 0 Å². The predicted octanol–water partition coefficient (Wildman–Crippen LogP) is 3.39. The normalized spacial score (nSPS) is 22.9. The highest BCUT2D eigenvalue weighted by Gasteiger charge is 2.23. The Balaban J connectivity index is 1.62. The molecule has 1 heterocycles. The van der Waals surface area contributed by atoms with Gasteiger partial charge in [-0.05, 0) is 17.2 Å². The SMILES string of the molecule is C(=C\C1N[C@H](c2ccccc2)CO1)/c1ccccc1. The summed E-state index contributed by atoms with van der Waals surface area (Å²) in [5.41, 5.74) is 2.47. The van der Waals surface area contributed by atoms with Gasteiger partial charge in [-0.15, -0.1) is 0 Å². The fourth-order valence-corrected chi connectivity index (χ4v) is 2.25. The van der Waals surface area contributed by atoms with E-state index in [9.17, 15) is 0 Å². The van der Waals surface area contributed by atoms with E-state index in [0.717, 1.165) is 0 Å². The zero-order valence-corrected chi connectivity index (χ0v) is 10.7. The minimum atomic E-state index is -0.00888. The first-order chi connectivity index (χ1) is 9.42. The van der Waals surface area contributed by atoms with Gasteiger partial charge in [0.25, 0.3) is 0 Å². The smallest absolute Gasteiger partial charge is 0.128 e. The van der Waals surface area contributed by atoms with Crippen molar-refractivity contribution in [1.82, 2.24) is 5.32 Å². The van der Waals surface area contributed by atoms with E-state index in [-0.39, 0.29) is 12.3 Å². The van der Waals surface area contributed by atoms with Crippen LogP contribution in [0.1, 0.15) is 17.2 Å². The van der Waals surface area contributed by atoms with Crippen molar-refractivity contribution in [2.24, 2.45) is 0 Å². The molecule has 0 aliphatic carbocycles. The van der Waals surface area contributed by atoms with Crippen LogP contribution in [-0.2, 0) is 4.74 Å². The van der Waals surface area contributed by atoms with Gasteiger partial charge in [0, 0.05) is 0 Å². The Kier molecular flexibility index (Phi) is 3.73. The molecule has 0 bridgehead atoms. The van der Waals surface area contributed by atoms with Crippen molar-refractivity contribution in [2.75, 3.05) is 6.61 Å². The first-order valence-electron chi connectivity index (χ1n) is 6.58. The topological polar surface area (TPSA) is 21.3 Å². The monoisotopic (exact) mass is 251 g/mol. The molecule has 3 rings (SSSR count). The van der Waals surface area contributed by atoms with Gasteiger partial charge in [0.1, 0.15) is 6.23 Å². The van der Waals surface area contributed by atoms with Crippen molar-refractivity contribution in [3.05, 3.63) is 77.9 Å². The van der Waals surface area contributed by atoms with Crippen LogP contribution in [0.4, 0.5) is 0 Å². The predicted molar refractivity (Wildman–Crippen MR) is 77.5 cm³/mol. The highest BCUT2D eigenvalue weighted by atomic mass is 16.5. The summed E-state index contributed by atoms with van der Waals surface area (Å²) in [6.45, 7) is 0.716. The van der Waals surface area contributed by atoms with Gasteiger partial charge >= 0.3 is 0 Å². The first kappa shape index (κ1) is 12.2. The average molecular weight is 251 g/mol. The second-order valence-electron chi connectivity index (χ2n) is 4.65. The van der Waals surface area contributed by atoms with Crippen molar-refractivity contribution in [2.45, 2.75) is 12.3 Å². The molecule has 2 heteroatoms. The van der Waals surface area contributed by atoms with Crippen molar-refractivity contribution in [3.8, 4) is 0 Å². The second-order valence-corrected chi connectivity index (χ2v) is 4.65. The van der Waals surface area contributed by atoms with Gasteiger partial charge in [0.15, 0.2) is 0 Å². The van der Waals surface area contributed by atoms with Gasteiger partial charge in [0.05, 0.1) is 12.6 Å². The maximum Gasteiger partial charge on any atom is 0.128 e. The third kappa shape index (κ3) is 3.11. The highest BCUT2D eigenvalue weighted by molar-refractivity contribution is 5.49. The zero-order chi connectivity index (χ0) is 12.9. The van der Waals surface area contributed by atoms with Crippen LogP contribution in [0, 0.1) is 0 Å². The van der Waals surface area contributed by atoms with E-state index >= 15 is 0 Å². The molecule has 0 amide bonds. The number of nitrogens with one attached hydrogen (secondary N) is 1. The molecule has 0 aromatic heterocycles. The Hall–Kier alpha value is -1.90. The molecule has 0 spiro atoms. The molecule has 2 aromatic carbocycles. The van der Waals surface area contributed by atoms with Gasteiger partial charge in [0.2, 0.25) is 0 Å². The first-order valence-corrected chi connectivity index (χ1v) is 6.58. The summed E-state index contributed by atoms with van der Waals surface area (Å²) >= 11 is 0. The fraction of sp³-hybridized carbons (Fsp3) is 0.176. The summed E-state index contributed by atoms with van der Waals surface area (Å²) in [5, 5.41) is 3.47. The lowest BCUT2D eigenvalue weighted by molar-refractivity contribution is 0.136. The Labute approximate surface area is 113 Å². The highest BCUT2D eigenvalue weighted by Crippen LogP contribution is 2.20. The molecule has 1 N–H and O–H groups in total. The molecule has 0 radical (unpaired) electrons. The molecule has 96 valence electrons. The Morgan fingerprint density at radius 2 is 1.63 bits per heavy atom. The molecule has 1 fully saturated rings. The Morgan fingerprint density at radius 1 is 0.947 bits per heavy atom. The Bertz CT molecular complexity index is 536. The third-order valence-corrected chi connectivity index (χ3v) is 3.27. The van der Waals surface area contributed by atoms with E-state index in [1.807, 2.05) is 24.3 Å². The number of hydrogen-bond acceptors (Lipinski definition) is 2. The van der Waals surface area contributed by atoms with Crippen molar-refractivity contribution in [3.63, 3.8) is 0 Å². The van der Waals surface area contributed by atoms with Crippen LogP contribution >= 0.6 is 0 Å². The van der Waals surface area contributed by atoms with Crippen LogP contribution < -0.4 is 5.32 Å². The summed E-state index contributed by atoms with van der Waals surface area (Å²) in [7, 11) is 0. The van der Waals surface area contributed by atoms with Crippen LogP contribution in [-0.4, -0.2) is 12.8 Å². The van der Waals surface area contributed by atoms with E-state index < -0.39 is 0 Å². The summed E-state index contributed by atoms with van der Waals surface area (Å²) in [4.78, 5) is 0. The molecule has 1 aliphatic rings. The van der Waals surface area contributed by atoms with E-state index in [4.69, 9.17) is 4.74 Å². The fourth-order valence-electron chi connectivity index (χ4n) is 2.25. The van der Waals surface area contributed by atoms with E-state index in [1.165, 1.54) is 11.1 Å². The van der Waals surface area contributed by atoms with Crippen LogP contribution in [0.3, 0.4) is 0 Å². The summed E-state index contributed by atoms with van der Waals surface area (Å²) < 4.78 is 5.74. The van der Waals surface area contributed by atoms with Gasteiger partial charge in [-0.1, -0.05) is 66.7 Å². The maximum atomic E-state index is 5.74. The molecule has 1 aliphatic heterocycles. The average Bonchev–Trinajstić information content (AvgIpc) is 2.96. The molecule has 1 unspecified atom stereocenters. The summed E-state index contributed by atoms with van der Waals surface area (Å²) in [6.07, 6.45) is 4.15. The van der Waals surface area contributed by atoms with Gasteiger partial charge in [-0.2, -0.15) is 0 Å². The van der Waals surface area contributed by atoms with Gasteiger partial charge in [-0.3, -0.25) is 5.32 Å². The van der Waals surface area contributed by atoms with Crippen LogP contribution in [0.15, 0.2) is 66.7 Å². The molecule has 2 nitrogen and oxygen atoms in total. The second kappa shape index (κ2) is 5.83. The molecular weight excluding hydrogens is 234 g/mol. The molecule has 2 aromatic rings. The number of ether oxygens (including phenoxy) is 1. The van der Waals surface area contributed by atoms with Crippen molar-refractivity contribution < 1.29 is 4.74 Å². The lowest BCUT2D eigenvalue weighted by Crippen LogP contribution is -2.22. The van der Waals surface area contributed by atoms with Gasteiger partial charge < -0.3 is 4.74 Å². The quantitative estimate of drug-likeness (QED) is 0.903. The van der Waals surface area contributed by atoms with Crippen molar-refractivity contribution in [1.29, 1.82) is 0 Å². The molecular formula is C17H17NO. The zero-order valence-electron chi connectivity index (χ0n) is 10.7. The van der Waals surface area contributed by atoms with Crippen LogP contribution in [0.25, 0.3) is 6.08 Å². The number of rotatable bonds is 3. The van der Waals surface area contributed by atoms with Crippen molar-refractivity contribution >= 4 is 6.08 Å². The van der Waals surface area contributed by atoms with E-state index in [0.29, 0.717) is 6.61 Å². The molecule has 19 heavy (non-hydrogen) atoms. The minimum absolute atomic E-state index is 0.00888. The molecule has 2 atom stereocenters. The summed E-state index contributed by atoms with van der Waals surface area (Å²) in [6, 6.07) is 21.0. The Morgan fingerprint density at radius 3 is 2.37 bits per heavy atom. The number of hydrogen-bond donors (Lipinski definition) is 1. The lowest BCUT2D eigenvalue weighted by Gasteiger charge is -2.09. The van der Waals surface area contributed by atoms with Gasteiger partial charge in [-0.25, -0.2) is 0 Å². The standard InChI is InChI=1S/C17H17NO/c1-3-7-14(8-4-1)11-12-17-18-16(13-19-17)15-9-5-2-6-10-15/h1-12,16-18H,13H2/b12-11+/t16-,17?/m0/s1. The third-order valence-electron chi connectivity index (χ3n) is 3.27. The van der Waals surface area contributed by atoms with E-state index in [1.54, 1.807) is 0 Å². The number of benzene rings is 2. The largest absolute Gasteiger partial charge is 0.358 e. The molecule has 0 saturated carbocycles. The van der Waals surface area contributed by atoms with E-state index in [2.05, 4.69) is 53.9 Å². The molecule has 1 saturated heterocycles. The lowest BCUT2D eigenvalue weighted by atomic mass is 10.1.